The molecule has 0 saturated carbocycles. The molecule has 0 spiro atoms. The van der Waals surface area contributed by atoms with Gasteiger partial charge in [0.05, 0.1) is 5.69 Å². The molecule has 0 aliphatic heterocycles. The Morgan fingerprint density at radius 1 is 1.05 bits per heavy atom. The summed E-state index contributed by atoms with van der Waals surface area (Å²) in [6.07, 6.45) is 4.97. The van der Waals surface area contributed by atoms with Crippen molar-refractivity contribution in [2.75, 3.05) is 0 Å². The molecule has 0 fully saturated rings. The Morgan fingerprint density at radius 3 is 2.63 bits per heavy atom. The number of rotatable bonds is 3. The molecule has 0 bridgehead atoms. The van der Waals surface area contributed by atoms with E-state index in [2.05, 4.69) is 53.3 Å². The van der Waals surface area contributed by atoms with Crippen molar-refractivity contribution < 1.29 is 0 Å². The maximum atomic E-state index is 4.53. The third-order valence-corrected chi connectivity index (χ3v) is 3.32. The standard InChI is InChI=1S/C17H16N2/c1-2-13-7-9-15(10-8-13)18-11-14-12-19-17-6-4-3-5-16(14)17/h3-12,19H,2H2,1H3. The van der Waals surface area contributed by atoms with Crippen LogP contribution in [0.5, 0.6) is 0 Å². The molecule has 3 aromatic rings. The van der Waals surface area contributed by atoms with Crippen molar-refractivity contribution in [1.29, 1.82) is 0 Å². The van der Waals surface area contributed by atoms with Crippen LogP contribution in [0.15, 0.2) is 59.7 Å². The lowest BCUT2D eigenvalue weighted by molar-refractivity contribution is 1.14. The van der Waals surface area contributed by atoms with Crippen molar-refractivity contribution in [2.45, 2.75) is 13.3 Å². The quantitative estimate of drug-likeness (QED) is 0.662. The zero-order valence-electron chi connectivity index (χ0n) is 10.9. The predicted molar refractivity (Wildman–Crippen MR) is 81.4 cm³/mol. The van der Waals surface area contributed by atoms with Crippen molar-refractivity contribution in [3.8, 4) is 0 Å². The van der Waals surface area contributed by atoms with E-state index in [0.717, 1.165) is 23.2 Å². The van der Waals surface area contributed by atoms with Crippen LogP contribution in [0.4, 0.5) is 5.69 Å². The molecule has 94 valence electrons. The molecule has 0 aliphatic rings. The van der Waals surface area contributed by atoms with Crippen LogP contribution in [-0.4, -0.2) is 11.2 Å². The molecule has 0 amide bonds. The van der Waals surface area contributed by atoms with Gasteiger partial charge in [-0.1, -0.05) is 37.3 Å². The van der Waals surface area contributed by atoms with Crippen LogP contribution in [0.2, 0.25) is 0 Å². The summed E-state index contributed by atoms with van der Waals surface area (Å²) in [7, 11) is 0. The number of aromatic amines is 1. The number of aromatic nitrogens is 1. The molecule has 0 saturated heterocycles. The van der Waals surface area contributed by atoms with Crippen molar-refractivity contribution in [3.05, 3.63) is 65.9 Å². The topological polar surface area (TPSA) is 28.1 Å². The van der Waals surface area contributed by atoms with Crippen LogP contribution in [-0.2, 0) is 6.42 Å². The van der Waals surface area contributed by atoms with Crippen LogP contribution >= 0.6 is 0 Å². The second-order valence-electron chi connectivity index (χ2n) is 4.57. The monoisotopic (exact) mass is 248 g/mol. The van der Waals surface area contributed by atoms with E-state index >= 15 is 0 Å². The summed E-state index contributed by atoms with van der Waals surface area (Å²) in [5.41, 5.74) is 4.59. The van der Waals surface area contributed by atoms with Gasteiger partial charge in [0.1, 0.15) is 0 Å². The largest absolute Gasteiger partial charge is 0.361 e. The highest BCUT2D eigenvalue weighted by molar-refractivity contribution is 5.99. The van der Waals surface area contributed by atoms with E-state index in [0.29, 0.717) is 0 Å². The number of fused-ring (bicyclic) bond motifs is 1. The highest BCUT2D eigenvalue weighted by atomic mass is 14.7. The van der Waals surface area contributed by atoms with Crippen LogP contribution in [0.3, 0.4) is 0 Å². The fraction of sp³-hybridized carbons (Fsp3) is 0.118. The van der Waals surface area contributed by atoms with Crippen LogP contribution in [0, 0.1) is 0 Å². The number of aliphatic imine (C=N–C) groups is 1. The van der Waals surface area contributed by atoms with Gasteiger partial charge in [0.2, 0.25) is 0 Å². The Hall–Kier alpha value is -2.35. The second kappa shape index (κ2) is 5.11. The molecule has 0 aliphatic carbocycles. The first-order chi connectivity index (χ1) is 9.36. The first kappa shape index (κ1) is 11.7. The Balaban J connectivity index is 1.89. The lowest BCUT2D eigenvalue weighted by Crippen LogP contribution is -1.79. The fourth-order valence-electron chi connectivity index (χ4n) is 2.16. The SMILES string of the molecule is CCc1ccc(N=Cc2c[nH]c3ccccc23)cc1. The minimum Gasteiger partial charge on any atom is -0.361 e. The van der Waals surface area contributed by atoms with Crippen LogP contribution < -0.4 is 0 Å². The number of hydrogen-bond acceptors (Lipinski definition) is 1. The van der Waals surface area contributed by atoms with Gasteiger partial charge in [-0.05, 0) is 30.2 Å². The van der Waals surface area contributed by atoms with E-state index in [1.807, 2.05) is 24.5 Å². The molecule has 0 unspecified atom stereocenters. The summed E-state index contributed by atoms with van der Waals surface area (Å²) in [6.45, 7) is 2.16. The van der Waals surface area contributed by atoms with Gasteiger partial charge in [-0.2, -0.15) is 0 Å². The predicted octanol–water partition coefficient (Wildman–Crippen LogP) is 4.48. The van der Waals surface area contributed by atoms with E-state index in [1.165, 1.54) is 10.9 Å². The maximum absolute atomic E-state index is 4.53. The van der Waals surface area contributed by atoms with Crippen LogP contribution in [0.1, 0.15) is 18.1 Å². The van der Waals surface area contributed by atoms with Crippen molar-refractivity contribution in [1.82, 2.24) is 4.98 Å². The normalized spacial score (nSPS) is 11.4. The summed E-state index contributed by atoms with van der Waals surface area (Å²) in [5.74, 6) is 0. The van der Waals surface area contributed by atoms with Gasteiger partial charge in [0.25, 0.3) is 0 Å². The molecule has 2 nitrogen and oxygen atoms in total. The van der Waals surface area contributed by atoms with Gasteiger partial charge in [0, 0.05) is 28.9 Å². The van der Waals surface area contributed by atoms with E-state index < -0.39 is 0 Å². The van der Waals surface area contributed by atoms with Gasteiger partial charge in [0.15, 0.2) is 0 Å². The molecule has 2 aromatic carbocycles. The van der Waals surface area contributed by atoms with Crippen LogP contribution in [0.25, 0.3) is 10.9 Å². The average Bonchev–Trinajstić information content (AvgIpc) is 2.89. The van der Waals surface area contributed by atoms with E-state index in [9.17, 15) is 0 Å². The zero-order valence-corrected chi connectivity index (χ0v) is 10.9. The van der Waals surface area contributed by atoms with Crippen molar-refractivity contribution in [2.24, 2.45) is 4.99 Å². The zero-order chi connectivity index (χ0) is 13.1. The number of aryl methyl sites for hydroxylation is 1. The average molecular weight is 248 g/mol. The number of para-hydroxylation sites is 1. The summed E-state index contributed by atoms with van der Waals surface area (Å²) >= 11 is 0. The molecule has 19 heavy (non-hydrogen) atoms. The molecule has 1 aromatic heterocycles. The Labute approximate surface area is 112 Å². The lowest BCUT2D eigenvalue weighted by atomic mass is 10.1. The van der Waals surface area contributed by atoms with Gasteiger partial charge < -0.3 is 4.98 Å². The summed E-state index contributed by atoms with van der Waals surface area (Å²) in [4.78, 5) is 7.78. The highest BCUT2D eigenvalue weighted by Gasteiger charge is 1.99. The summed E-state index contributed by atoms with van der Waals surface area (Å²) < 4.78 is 0. The lowest BCUT2D eigenvalue weighted by Gasteiger charge is -1.97. The first-order valence-corrected chi connectivity index (χ1v) is 6.56. The molecular formula is C17H16N2. The molecule has 2 heteroatoms. The fourth-order valence-corrected chi connectivity index (χ4v) is 2.16. The Morgan fingerprint density at radius 2 is 1.84 bits per heavy atom. The summed E-state index contributed by atoms with van der Waals surface area (Å²) in [6, 6.07) is 16.6. The van der Waals surface area contributed by atoms with E-state index in [1.54, 1.807) is 0 Å². The van der Waals surface area contributed by atoms with Gasteiger partial charge in [-0.3, -0.25) is 4.99 Å². The Bertz CT molecular complexity index is 705. The number of nitrogens with one attached hydrogen (secondary N) is 1. The third-order valence-electron chi connectivity index (χ3n) is 3.32. The summed E-state index contributed by atoms with van der Waals surface area (Å²) in [5, 5.41) is 1.21. The number of nitrogens with zero attached hydrogens (tertiary/aromatic N) is 1. The molecule has 3 rings (SSSR count). The molecule has 0 atom stereocenters. The minimum atomic E-state index is 0.988. The van der Waals surface area contributed by atoms with E-state index in [4.69, 9.17) is 0 Å². The van der Waals surface area contributed by atoms with Crippen molar-refractivity contribution in [3.63, 3.8) is 0 Å². The number of hydrogen-bond donors (Lipinski definition) is 1. The number of H-pyrrole nitrogens is 1. The second-order valence-corrected chi connectivity index (χ2v) is 4.57. The third kappa shape index (κ3) is 2.43. The molecule has 1 heterocycles. The maximum Gasteiger partial charge on any atom is 0.0630 e. The highest BCUT2D eigenvalue weighted by Crippen LogP contribution is 2.18. The molecule has 0 radical (unpaired) electrons. The minimum absolute atomic E-state index is 0.988. The van der Waals surface area contributed by atoms with Gasteiger partial charge >= 0.3 is 0 Å². The Kier molecular flexibility index (Phi) is 3.15. The van der Waals surface area contributed by atoms with E-state index in [-0.39, 0.29) is 0 Å². The number of benzene rings is 2. The van der Waals surface area contributed by atoms with Gasteiger partial charge in [-0.25, -0.2) is 0 Å². The molecule has 1 N–H and O–H groups in total. The van der Waals surface area contributed by atoms with Crippen molar-refractivity contribution >= 4 is 22.8 Å². The smallest absolute Gasteiger partial charge is 0.0630 e. The first-order valence-electron chi connectivity index (χ1n) is 6.56. The molecular weight excluding hydrogens is 232 g/mol. The van der Waals surface area contributed by atoms with Gasteiger partial charge in [-0.15, -0.1) is 0 Å².